The fourth-order valence-corrected chi connectivity index (χ4v) is 2.23. The number of aryl methyl sites for hydroxylation is 1. The Morgan fingerprint density at radius 3 is 2.44 bits per heavy atom. The van der Waals surface area contributed by atoms with Crippen LogP contribution in [0.1, 0.15) is 11.5 Å². The highest BCUT2D eigenvalue weighted by molar-refractivity contribution is 5.90. The normalized spacial score (nSPS) is 11.0. The average molecular weight is 239 g/mol. The van der Waals surface area contributed by atoms with Crippen molar-refractivity contribution in [3.05, 3.63) is 64.5 Å². The molecular formula is C15H13NO2. The van der Waals surface area contributed by atoms with Gasteiger partial charge < -0.3 is 4.42 Å². The predicted octanol–water partition coefficient (Wildman–Crippen LogP) is 3.20. The van der Waals surface area contributed by atoms with E-state index in [0.29, 0.717) is 5.76 Å². The number of rotatable bonds is 1. The zero-order valence-corrected chi connectivity index (χ0v) is 10.3. The third kappa shape index (κ3) is 1.48. The lowest BCUT2D eigenvalue weighted by molar-refractivity contribution is 0.479. The monoisotopic (exact) mass is 239 g/mol. The summed E-state index contributed by atoms with van der Waals surface area (Å²) in [7, 11) is 0. The number of oxazole rings is 1. The molecule has 0 atom stereocenters. The number of fused-ring (bicyclic) bond motifs is 1. The van der Waals surface area contributed by atoms with Gasteiger partial charge in [0.05, 0.1) is 11.4 Å². The van der Waals surface area contributed by atoms with Crippen LogP contribution in [-0.4, -0.2) is 4.57 Å². The van der Waals surface area contributed by atoms with E-state index in [-0.39, 0.29) is 5.76 Å². The molecule has 0 bridgehead atoms. The molecular weight excluding hydrogens is 226 g/mol. The molecule has 3 heteroatoms. The van der Waals surface area contributed by atoms with Gasteiger partial charge in [-0.3, -0.25) is 0 Å². The second kappa shape index (κ2) is 3.88. The Kier molecular flexibility index (Phi) is 2.33. The van der Waals surface area contributed by atoms with Gasteiger partial charge in [0.15, 0.2) is 0 Å². The molecule has 0 aliphatic rings. The van der Waals surface area contributed by atoms with Crippen LogP contribution in [0.2, 0.25) is 0 Å². The fourth-order valence-electron chi connectivity index (χ4n) is 2.23. The largest absolute Gasteiger partial charge is 0.424 e. The number of aromatic nitrogens is 1. The van der Waals surface area contributed by atoms with Crippen molar-refractivity contribution in [2.24, 2.45) is 0 Å². The summed E-state index contributed by atoms with van der Waals surface area (Å²) in [6.45, 7) is 3.69. The van der Waals surface area contributed by atoms with Gasteiger partial charge >= 0.3 is 5.76 Å². The third-order valence-corrected chi connectivity index (χ3v) is 3.28. The van der Waals surface area contributed by atoms with Gasteiger partial charge in [-0.1, -0.05) is 36.4 Å². The highest BCUT2D eigenvalue weighted by Gasteiger charge is 2.12. The molecule has 2 aromatic carbocycles. The minimum absolute atomic E-state index is 0.332. The maximum absolute atomic E-state index is 11.9. The summed E-state index contributed by atoms with van der Waals surface area (Å²) in [5.74, 6) is 0.328. The molecule has 0 amide bonds. The first-order valence-electron chi connectivity index (χ1n) is 5.85. The number of hydrogen-bond donors (Lipinski definition) is 0. The van der Waals surface area contributed by atoms with Crippen LogP contribution < -0.4 is 5.76 Å². The molecule has 90 valence electrons. The Bertz CT molecular complexity index is 775. The average Bonchev–Trinajstić information content (AvgIpc) is 2.63. The van der Waals surface area contributed by atoms with Gasteiger partial charge in [-0.05, 0) is 25.3 Å². The Morgan fingerprint density at radius 1 is 1.00 bits per heavy atom. The maximum Gasteiger partial charge on any atom is 0.424 e. The van der Waals surface area contributed by atoms with Crippen molar-refractivity contribution in [1.82, 2.24) is 4.57 Å². The molecule has 0 saturated carbocycles. The molecule has 1 heterocycles. The highest BCUT2D eigenvalue weighted by atomic mass is 16.4. The van der Waals surface area contributed by atoms with Crippen LogP contribution >= 0.6 is 0 Å². The van der Waals surface area contributed by atoms with Crippen LogP contribution in [0.3, 0.4) is 0 Å². The van der Waals surface area contributed by atoms with Crippen molar-refractivity contribution in [3.8, 4) is 5.69 Å². The van der Waals surface area contributed by atoms with Gasteiger partial charge in [0, 0.05) is 5.39 Å². The van der Waals surface area contributed by atoms with Crippen molar-refractivity contribution in [2.75, 3.05) is 0 Å². The predicted molar refractivity (Wildman–Crippen MR) is 71.3 cm³/mol. The van der Waals surface area contributed by atoms with Crippen molar-refractivity contribution in [2.45, 2.75) is 13.8 Å². The second-order valence-electron chi connectivity index (χ2n) is 4.34. The van der Waals surface area contributed by atoms with E-state index in [2.05, 4.69) is 0 Å². The molecule has 18 heavy (non-hydrogen) atoms. The third-order valence-electron chi connectivity index (χ3n) is 3.28. The highest BCUT2D eigenvalue weighted by Crippen LogP contribution is 2.22. The van der Waals surface area contributed by atoms with Crippen molar-refractivity contribution in [1.29, 1.82) is 0 Å². The van der Waals surface area contributed by atoms with Crippen molar-refractivity contribution in [3.63, 3.8) is 0 Å². The van der Waals surface area contributed by atoms with E-state index in [9.17, 15) is 4.79 Å². The van der Waals surface area contributed by atoms with Gasteiger partial charge in [-0.15, -0.1) is 0 Å². The Morgan fingerprint density at radius 2 is 1.72 bits per heavy atom. The molecule has 3 aromatic rings. The van der Waals surface area contributed by atoms with Crippen LogP contribution in [0, 0.1) is 13.8 Å². The molecule has 0 N–H and O–H groups in total. The van der Waals surface area contributed by atoms with Gasteiger partial charge in [-0.25, -0.2) is 9.36 Å². The molecule has 0 unspecified atom stereocenters. The van der Waals surface area contributed by atoms with Crippen LogP contribution in [0.25, 0.3) is 16.5 Å². The smallest absolute Gasteiger partial charge is 0.413 e. The van der Waals surface area contributed by atoms with Gasteiger partial charge in [0.1, 0.15) is 5.76 Å². The zero-order valence-electron chi connectivity index (χ0n) is 10.3. The summed E-state index contributed by atoms with van der Waals surface area (Å²) in [6.07, 6.45) is 0. The summed E-state index contributed by atoms with van der Waals surface area (Å²) in [4.78, 5) is 11.9. The first kappa shape index (κ1) is 10.8. The Balaban J connectivity index is 2.42. The first-order valence-corrected chi connectivity index (χ1v) is 5.85. The van der Waals surface area contributed by atoms with E-state index in [0.717, 1.165) is 22.2 Å². The molecule has 0 aliphatic carbocycles. The van der Waals surface area contributed by atoms with E-state index in [1.165, 1.54) is 0 Å². The first-order chi connectivity index (χ1) is 8.68. The summed E-state index contributed by atoms with van der Waals surface area (Å²) in [5.41, 5.74) is 1.71. The molecule has 0 radical (unpaired) electrons. The lowest BCUT2D eigenvalue weighted by Crippen LogP contribution is -2.13. The van der Waals surface area contributed by atoms with Crippen LogP contribution in [-0.2, 0) is 0 Å². The number of hydrogen-bond acceptors (Lipinski definition) is 2. The SMILES string of the molecule is Cc1oc(=O)n(-c2cccc3ccccc23)c1C. The number of benzene rings is 2. The van der Waals surface area contributed by atoms with Crippen LogP contribution in [0.4, 0.5) is 0 Å². The summed E-state index contributed by atoms with van der Waals surface area (Å²) in [6, 6.07) is 13.9. The van der Waals surface area contributed by atoms with Gasteiger partial charge in [-0.2, -0.15) is 0 Å². The van der Waals surface area contributed by atoms with Gasteiger partial charge in [0.2, 0.25) is 0 Å². The molecule has 0 saturated heterocycles. The topological polar surface area (TPSA) is 35.1 Å². The minimum Gasteiger partial charge on any atom is -0.413 e. The van der Waals surface area contributed by atoms with E-state index >= 15 is 0 Å². The van der Waals surface area contributed by atoms with Crippen LogP contribution in [0.15, 0.2) is 51.7 Å². The Labute approximate surface area is 104 Å². The quantitative estimate of drug-likeness (QED) is 0.653. The summed E-state index contributed by atoms with van der Waals surface area (Å²) in [5, 5.41) is 2.16. The van der Waals surface area contributed by atoms with E-state index in [1.807, 2.05) is 49.4 Å². The molecule has 0 spiro atoms. The van der Waals surface area contributed by atoms with Crippen molar-refractivity contribution < 1.29 is 4.42 Å². The lowest BCUT2D eigenvalue weighted by Gasteiger charge is -2.07. The number of nitrogens with zero attached hydrogens (tertiary/aromatic N) is 1. The molecule has 3 rings (SSSR count). The minimum atomic E-state index is -0.332. The fraction of sp³-hybridized carbons (Fsp3) is 0.133. The zero-order chi connectivity index (χ0) is 12.7. The second-order valence-corrected chi connectivity index (χ2v) is 4.34. The van der Waals surface area contributed by atoms with Gasteiger partial charge in [0.25, 0.3) is 0 Å². The van der Waals surface area contributed by atoms with Crippen molar-refractivity contribution >= 4 is 10.8 Å². The Hall–Kier alpha value is -2.29. The van der Waals surface area contributed by atoms with E-state index in [4.69, 9.17) is 4.42 Å². The summed E-state index contributed by atoms with van der Waals surface area (Å²) < 4.78 is 6.78. The molecule has 0 fully saturated rings. The maximum atomic E-state index is 11.9. The van der Waals surface area contributed by atoms with E-state index in [1.54, 1.807) is 11.5 Å². The molecule has 0 aliphatic heterocycles. The van der Waals surface area contributed by atoms with Crippen LogP contribution in [0.5, 0.6) is 0 Å². The molecule has 1 aromatic heterocycles. The standard InChI is InChI=1S/C15H13NO2/c1-10-11(2)18-15(17)16(10)14-9-5-7-12-6-3-4-8-13(12)14/h3-9H,1-2H3. The van der Waals surface area contributed by atoms with E-state index < -0.39 is 0 Å². The summed E-state index contributed by atoms with van der Waals surface area (Å²) >= 11 is 0. The molecule has 3 nitrogen and oxygen atoms in total. The lowest BCUT2D eigenvalue weighted by atomic mass is 10.1.